The minimum absolute atomic E-state index is 0.00111. The van der Waals surface area contributed by atoms with Gasteiger partial charge in [0.2, 0.25) is 0 Å². The predicted molar refractivity (Wildman–Crippen MR) is 446 cm³/mol. The van der Waals surface area contributed by atoms with Gasteiger partial charge in [-0.25, -0.2) is 26.3 Å². The first-order chi connectivity index (χ1) is 64.9. The topological polar surface area (TPSA) is 480 Å². The third-order valence-corrected chi connectivity index (χ3v) is 24.8. The number of aliphatic hydroxyl groups is 7. The van der Waals surface area contributed by atoms with E-state index in [1.54, 1.807) is 19.1 Å². The molecule has 10 unspecified atom stereocenters. The molecule has 7 aromatic rings. The molecule has 25 nitrogen and oxygen atoms in total. The molecule has 50 heteroatoms. The Morgan fingerprint density at radius 3 is 0.816 bits per heavy atom. The first-order valence-electron chi connectivity index (χ1n) is 42.7. The van der Waals surface area contributed by atoms with Gasteiger partial charge in [-0.05, 0) is 213 Å². The molecule has 776 valence electrons. The molecule has 0 aliphatic heterocycles. The summed E-state index contributed by atoms with van der Waals surface area (Å²) in [5.41, 5.74) is 24.7. The molecule has 7 saturated carbocycles. The molecule has 14 rings (SSSR count). The Labute approximate surface area is 789 Å². The van der Waals surface area contributed by atoms with Gasteiger partial charge in [0.05, 0.1) is 16.1 Å². The molecule has 0 heterocycles. The predicted octanol–water partition coefficient (Wildman–Crippen LogP) is 14.1. The Balaban J connectivity index is 0.000000202. The number of aryl methyl sites for hydroxylation is 1. The second kappa shape index (κ2) is 44.8. The van der Waals surface area contributed by atoms with E-state index in [1.165, 1.54) is 18.2 Å². The maximum absolute atomic E-state index is 14.2. The fraction of sp³-hybridized carbons (Fsp3) is 0.462. The molecule has 7 fully saturated rings. The van der Waals surface area contributed by atoms with Crippen LogP contribution in [0.2, 0.25) is 5.02 Å². The number of halogens is 25. The lowest BCUT2D eigenvalue weighted by atomic mass is 9.73. The molecule has 14 atom stereocenters. The van der Waals surface area contributed by atoms with Crippen LogP contribution in [0.5, 0.6) is 23.0 Å². The smallest absolute Gasteiger partial charge is 0.404 e. The molecule has 7 aliphatic carbocycles. The summed E-state index contributed by atoms with van der Waals surface area (Å²) in [6, 6.07) is 22.5. The van der Waals surface area contributed by atoms with Crippen LogP contribution in [0.15, 0.2) is 127 Å². The van der Waals surface area contributed by atoms with Gasteiger partial charge in [-0.1, -0.05) is 90.5 Å². The van der Waals surface area contributed by atoms with Gasteiger partial charge in [0.1, 0.15) is 105 Å². The van der Waals surface area contributed by atoms with Crippen LogP contribution in [0.4, 0.5) is 105 Å². The van der Waals surface area contributed by atoms with Gasteiger partial charge in [0.15, 0.2) is 75.2 Å². The summed E-state index contributed by atoms with van der Waals surface area (Å²) in [5.74, 6) is -16.4. The minimum atomic E-state index is -5.06. The van der Waals surface area contributed by atoms with Crippen molar-refractivity contribution in [3.05, 3.63) is 223 Å². The van der Waals surface area contributed by atoms with Crippen LogP contribution < -0.4 is 59.1 Å². The lowest BCUT2D eigenvalue weighted by molar-refractivity contribution is -0.276. The Morgan fingerprint density at radius 2 is 0.532 bits per heavy atom. The van der Waals surface area contributed by atoms with Crippen molar-refractivity contribution in [3.63, 3.8) is 0 Å². The molecule has 141 heavy (non-hydrogen) atoms. The largest absolute Gasteiger partial charge is 0.573 e. The summed E-state index contributed by atoms with van der Waals surface area (Å²) in [7, 11) is 0. The third kappa shape index (κ3) is 27.1. The fourth-order valence-electron chi connectivity index (χ4n) is 17.1. The Bertz CT molecular complexity index is 5440. The van der Waals surface area contributed by atoms with E-state index in [9.17, 15) is 175 Å². The van der Waals surface area contributed by atoms with Crippen molar-refractivity contribution in [1.82, 2.24) is 0 Å². The maximum atomic E-state index is 14.2. The molecule has 0 bridgehead atoms. The van der Waals surface area contributed by atoms with Gasteiger partial charge in [0, 0.05) is 22.3 Å². The number of carbonyl (C=O) groups excluding carboxylic acids is 7. The second-order valence-electron chi connectivity index (χ2n) is 34.2. The number of carbonyl (C=O) groups is 7. The number of ether oxygens (including phenoxy) is 4. The number of rotatable bonds is 11. The highest BCUT2D eigenvalue weighted by Crippen LogP contribution is 2.48. The van der Waals surface area contributed by atoms with Crippen molar-refractivity contribution in [2.24, 2.45) is 40.1 Å². The summed E-state index contributed by atoms with van der Waals surface area (Å²) >= 11 is 5.65. The third-order valence-electron chi connectivity index (χ3n) is 24.5. The highest BCUT2D eigenvalue weighted by molar-refractivity contribution is 6.32. The number of hydrogen-bond acceptors (Lipinski definition) is 25. The van der Waals surface area contributed by atoms with E-state index in [-0.39, 0.29) is 99.9 Å². The van der Waals surface area contributed by atoms with Crippen LogP contribution in [0.1, 0.15) is 190 Å². The van der Waals surface area contributed by atoms with Crippen LogP contribution in [-0.4, -0.2) is 144 Å². The number of hydrogen-bond donors (Lipinski definition) is 14. The van der Waals surface area contributed by atoms with Crippen molar-refractivity contribution < 1.29 is 194 Å². The van der Waals surface area contributed by atoms with Crippen molar-refractivity contribution in [2.75, 3.05) is 0 Å². The van der Waals surface area contributed by atoms with Crippen molar-refractivity contribution in [2.45, 2.75) is 261 Å². The Hall–Kier alpha value is -10.5. The molecule has 0 aromatic heterocycles. The monoisotopic (exact) mass is 2060 g/mol. The number of aliphatic hydroxyl groups excluding tert-OH is 7. The minimum Gasteiger partial charge on any atom is -0.404 e. The van der Waals surface area contributed by atoms with E-state index in [4.69, 9.17) is 51.7 Å². The zero-order valence-corrected chi connectivity index (χ0v) is 74.4. The molecular weight excluding hydrogens is 1970 g/mol. The van der Waals surface area contributed by atoms with E-state index >= 15 is 0 Å². The highest BCUT2D eigenvalue weighted by Gasteiger charge is 2.54. The second-order valence-corrected chi connectivity index (χ2v) is 34.6. The normalized spacial score (nSPS) is 27.3. The van der Waals surface area contributed by atoms with Crippen molar-refractivity contribution in [1.29, 1.82) is 0 Å². The average molecular weight is 2070 g/mol. The van der Waals surface area contributed by atoms with E-state index in [0.717, 1.165) is 84.9 Å². The van der Waals surface area contributed by atoms with Gasteiger partial charge < -0.3 is 94.8 Å². The summed E-state index contributed by atoms with van der Waals surface area (Å²) in [5, 5.41) is 66.7. The first kappa shape index (κ1) is 116. The van der Waals surface area contributed by atoms with E-state index in [2.05, 4.69) is 18.9 Å². The zero-order chi connectivity index (χ0) is 106. The van der Waals surface area contributed by atoms with Gasteiger partial charge in [-0.2, -0.15) is 26.3 Å². The van der Waals surface area contributed by atoms with Crippen molar-refractivity contribution in [3.8, 4) is 23.0 Å². The molecule has 0 saturated heterocycles. The quantitative estimate of drug-likeness (QED) is 0.0535. The van der Waals surface area contributed by atoms with Crippen LogP contribution in [-0.2, 0) is 84.7 Å². The van der Waals surface area contributed by atoms with Gasteiger partial charge >= 0.3 is 37.8 Å². The molecule has 0 radical (unpaired) electrons. The van der Waals surface area contributed by atoms with E-state index < -0.39 is 251 Å². The molecule has 7 aromatic carbocycles. The highest BCUT2D eigenvalue weighted by atomic mass is 35.5. The lowest BCUT2D eigenvalue weighted by Crippen LogP contribution is -2.53. The van der Waals surface area contributed by atoms with Crippen LogP contribution in [0.3, 0.4) is 0 Å². The lowest BCUT2D eigenvalue weighted by Gasteiger charge is -2.36. The molecular formula is C91H94ClF24N7O18. The summed E-state index contributed by atoms with van der Waals surface area (Å²) in [6.07, 6.45) is -33.8. The maximum Gasteiger partial charge on any atom is 0.573 e. The zero-order valence-electron chi connectivity index (χ0n) is 73.6. The molecule has 0 spiro atoms. The average Bonchev–Trinajstić information content (AvgIpc) is 0.734. The molecule has 21 N–H and O–H groups in total. The van der Waals surface area contributed by atoms with E-state index in [1.807, 2.05) is 0 Å². The van der Waals surface area contributed by atoms with Crippen molar-refractivity contribution >= 4 is 52.1 Å². The number of ketones is 7. The van der Waals surface area contributed by atoms with Crippen LogP contribution in [0.25, 0.3) is 0 Å². The van der Waals surface area contributed by atoms with Crippen LogP contribution in [0, 0.1) is 41.8 Å². The number of Topliss-reactive ketones (excluding diaryl/α,β-unsaturated/α-hetero) is 7. The first-order valence-corrected chi connectivity index (χ1v) is 43.0. The Morgan fingerprint density at radius 1 is 0.291 bits per heavy atom. The summed E-state index contributed by atoms with van der Waals surface area (Å²) in [4.78, 5) is 83.9. The van der Waals surface area contributed by atoms with E-state index in [0.29, 0.717) is 74.6 Å². The number of nitrogens with two attached hydrogens (primary N) is 7. The van der Waals surface area contributed by atoms with Gasteiger partial charge in [-0.15, -0.1) is 52.7 Å². The van der Waals surface area contributed by atoms with Gasteiger partial charge in [-0.3, -0.25) is 33.6 Å². The Kier molecular flexibility index (Phi) is 36.8. The SMILES string of the molecule is Cc1ccc(C2(N)CCCC(O)C2=O)cc1F.NC1(c2ccc(Cl)c(OC(F)(F)F)c2)CCCC(O)C1=O.NC1(c2cccc(C(F)(F)F)c2F)CCCC(O)C1=O.NC1(c2cccc(F)c2C(F)(F)F)CCCC(O)C1=O.NC1(c2cccc(OC(F)(F)F)c2F)CCCC(O)C1=O.N[C@@]1(c2cccc(OC(F)(F)F)c2F)CCC[C@@H](O)C1=O.N[C@]1(c2cccc(OC(F)(F)F)c2F)CCC[C@H](O)C1=O. The molecule has 7 aliphatic rings. The number of alkyl halides is 18. The molecule has 0 amide bonds. The summed E-state index contributed by atoms with van der Waals surface area (Å²) in [6.45, 7) is 1.65. The number of benzene rings is 7. The standard InChI is InChI=1S/C13H13ClF3NO3.3C13H13F4NO3.2C13H13F4NO2.C13H16FNO2/c14-8-4-3-7(6-10(8)21-13(15,16)17)12(18)5-1-2-9(19)11(12)20;3*14-10-7(3-1-5-9(10)21-13(15,16)17)12(18)6-2-4-8(19)11(12)20;14-8-4-1-3-7(10(8)13(15,16)17)12(18)6-2-5-9(19)11(12)20;14-10-7(3-1-4-8(10)13(15,16)17)12(18)6-2-5-9(19)11(12)20;1-8-4-5-9(7-10(8)14)13(15)6-2-3-11(16)12(13)17/h3-4,6,9,19H,1-2,5,18H2;3*1,3,5,8,19H,2,4,6,18H2;2*1,3-4,9,19H,2,5-6,18H2;4-5,7,11,16H,2-3,6,15H2,1H3/t;2*8-,12-;;;;/m.10..../s1. The van der Waals surface area contributed by atoms with Crippen LogP contribution >= 0.6 is 11.6 Å². The summed E-state index contributed by atoms with van der Waals surface area (Å²) < 4.78 is 322. The fourth-order valence-corrected chi connectivity index (χ4v) is 17.3. The van der Waals surface area contributed by atoms with Gasteiger partial charge in [0.25, 0.3) is 0 Å².